The van der Waals surface area contributed by atoms with Gasteiger partial charge in [0, 0.05) is 37.7 Å². The quantitative estimate of drug-likeness (QED) is 0.776. The lowest BCUT2D eigenvalue weighted by Gasteiger charge is -2.16. The summed E-state index contributed by atoms with van der Waals surface area (Å²) in [4.78, 5) is 6.28. The molecule has 2 aromatic rings. The molecule has 1 aromatic carbocycles. The molecule has 0 aliphatic carbocycles. The van der Waals surface area contributed by atoms with E-state index in [-0.39, 0.29) is 0 Å². The molecule has 0 spiro atoms. The van der Waals surface area contributed by atoms with Crippen molar-refractivity contribution in [2.75, 3.05) is 19.0 Å². The second-order valence-electron chi connectivity index (χ2n) is 3.65. The predicted octanol–water partition coefficient (Wildman–Crippen LogP) is 3.84. The van der Waals surface area contributed by atoms with Gasteiger partial charge in [0.05, 0.1) is 0 Å². The van der Waals surface area contributed by atoms with Crippen LogP contribution in [0.3, 0.4) is 0 Å². The van der Waals surface area contributed by atoms with Gasteiger partial charge in [-0.1, -0.05) is 44.2 Å². The van der Waals surface area contributed by atoms with Gasteiger partial charge in [0.1, 0.15) is 0 Å². The smallest absolute Gasteiger partial charge is 0.0471 e. The molecule has 0 saturated carbocycles. The highest BCUT2D eigenvalue weighted by atomic mass is 15.1. The van der Waals surface area contributed by atoms with Gasteiger partial charge in [-0.3, -0.25) is 4.98 Å². The van der Waals surface area contributed by atoms with Crippen LogP contribution in [0.25, 0.3) is 11.1 Å². The Hall–Kier alpha value is -1.83. The third-order valence-electron chi connectivity index (χ3n) is 2.36. The summed E-state index contributed by atoms with van der Waals surface area (Å²) in [5, 5.41) is 0. The molecule has 1 heterocycles. The standard InChI is InChI=1S/C13H14N2.C2H6/c1-15(2)13-8-9-14-10-12(13)11-6-4-3-5-7-11;1-2/h3-10H,1-2H3;1-2H3. The molecule has 17 heavy (non-hydrogen) atoms. The fourth-order valence-corrected chi connectivity index (χ4v) is 1.62. The summed E-state index contributed by atoms with van der Waals surface area (Å²) in [6.45, 7) is 4.00. The van der Waals surface area contributed by atoms with Crippen molar-refractivity contribution in [1.29, 1.82) is 0 Å². The molecule has 0 unspecified atom stereocenters. The Balaban J connectivity index is 0.000000686. The zero-order valence-electron chi connectivity index (χ0n) is 11.0. The summed E-state index contributed by atoms with van der Waals surface area (Å²) in [6.07, 6.45) is 3.73. The van der Waals surface area contributed by atoms with Crippen molar-refractivity contribution in [3.8, 4) is 11.1 Å². The summed E-state index contributed by atoms with van der Waals surface area (Å²) in [5.74, 6) is 0. The van der Waals surface area contributed by atoms with Crippen LogP contribution < -0.4 is 4.90 Å². The maximum Gasteiger partial charge on any atom is 0.0471 e. The fraction of sp³-hybridized carbons (Fsp3) is 0.267. The first-order valence-electron chi connectivity index (χ1n) is 5.96. The average molecular weight is 228 g/mol. The zero-order valence-corrected chi connectivity index (χ0v) is 11.0. The number of rotatable bonds is 2. The van der Waals surface area contributed by atoms with Crippen molar-refractivity contribution < 1.29 is 0 Å². The van der Waals surface area contributed by atoms with Gasteiger partial charge in [-0.15, -0.1) is 0 Å². The Kier molecular flexibility index (Phi) is 5.21. The van der Waals surface area contributed by atoms with Crippen molar-refractivity contribution in [3.05, 3.63) is 48.8 Å². The number of pyridine rings is 1. The van der Waals surface area contributed by atoms with E-state index in [9.17, 15) is 0 Å². The number of benzene rings is 1. The molecule has 0 atom stereocenters. The van der Waals surface area contributed by atoms with Crippen LogP contribution in [0.5, 0.6) is 0 Å². The number of anilines is 1. The van der Waals surface area contributed by atoms with Gasteiger partial charge < -0.3 is 4.90 Å². The summed E-state index contributed by atoms with van der Waals surface area (Å²) >= 11 is 0. The average Bonchev–Trinajstić information content (AvgIpc) is 2.42. The molecule has 0 saturated heterocycles. The van der Waals surface area contributed by atoms with Gasteiger partial charge >= 0.3 is 0 Å². The summed E-state index contributed by atoms with van der Waals surface area (Å²) < 4.78 is 0. The van der Waals surface area contributed by atoms with Gasteiger partial charge in [-0.25, -0.2) is 0 Å². The number of aromatic nitrogens is 1. The largest absolute Gasteiger partial charge is 0.377 e. The molecule has 0 aliphatic heterocycles. The van der Waals surface area contributed by atoms with Crippen LogP contribution in [0.4, 0.5) is 5.69 Å². The van der Waals surface area contributed by atoms with Gasteiger partial charge in [0.15, 0.2) is 0 Å². The molecule has 2 rings (SSSR count). The van der Waals surface area contributed by atoms with E-state index in [1.165, 1.54) is 16.8 Å². The molecule has 0 radical (unpaired) electrons. The Morgan fingerprint density at radius 1 is 0.941 bits per heavy atom. The number of hydrogen-bond acceptors (Lipinski definition) is 2. The van der Waals surface area contributed by atoms with Gasteiger partial charge in [0.25, 0.3) is 0 Å². The predicted molar refractivity (Wildman–Crippen MR) is 75.3 cm³/mol. The van der Waals surface area contributed by atoms with E-state index in [4.69, 9.17) is 0 Å². The van der Waals surface area contributed by atoms with Gasteiger partial charge in [-0.05, 0) is 11.6 Å². The third kappa shape index (κ3) is 3.31. The number of nitrogens with zero attached hydrogens (tertiary/aromatic N) is 2. The molecule has 90 valence electrons. The first-order valence-corrected chi connectivity index (χ1v) is 5.96. The first-order chi connectivity index (χ1) is 8.29. The topological polar surface area (TPSA) is 16.1 Å². The van der Waals surface area contributed by atoms with Crippen molar-refractivity contribution in [1.82, 2.24) is 4.98 Å². The normalized spacial score (nSPS) is 9.18. The highest BCUT2D eigenvalue weighted by molar-refractivity contribution is 5.77. The van der Waals surface area contributed by atoms with Crippen LogP contribution in [-0.4, -0.2) is 19.1 Å². The van der Waals surface area contributed by atoms with Gasteiger partial charge in [-0.2, -0.15) is 0 Å². The van der Waals surface area contributed by atoms with Crippen molar-refractivity contribution >= 4 is 5.69 Å². The summed E-state index contributed by atoms with van der Waals surface area (Å²) in [5.41, 5.74) is 3.56. The van der Waals surface area contributed by atoms with Crippen LogP contribution in [-0.2, 0) is 0 Å². The molecule has 1 aromatic heterocycles. The Bertz CT molecular complexity index is 436. The van der Waals surface area contributed by atoms with E-state index < -0.39 is 0 Å². The van der Waals surface area contributed by atoms with Crippen LogP contribution in [0.2, 0.25) is 0 Å². The Morgan fingerprint density at radius 3 is 2.18 bits per heavy atom. The second-order valence-corrected chi connectivity index (χ2v) is 3.65. The molecular weight excluding hydrogens is 208 g/mol. The monoisotopic (exact) mass is 228 g/mol. The van der Waals surface area contributed by atoms with E-state index in [1.807, 2.05) is 64.6 Å². The number of hydrogen-bond donors (Lipinski definition) is 0. The second kappa shape index (κ2) is 6.69. The SMILES string of the molecule is CC.CN(C)c1ccncc1-c1ccccc1. The molecular formula is C15H20N2. The molecule has 0 aliphatic rings. The van der Waals surface area contributed by atoms with E-state index in [2.05, 4.69) is 22.0 Å². The molecule has 2 heteroatoms. The highest BCUT2D eigenvalue weighted by Gasteiger charge is 2.05. The Labute approximate surface area is 104 Å². The van der Waals surface area contributed by atoms with Crippen LogP contribution in [0.15, 0.2) is 48.8 Å². The van der Waals surface area contributed by atoms with Crippen molar-refractivity contribution in [3.63, 3.8) is 0 Å². The lowest BCUT2D eigenvalue weighted by Crippen LogP contribution is -2.09. The molecule has 0 N–H and O–H groups in total. The maximum absolute atomic E-state index is 4.18. The van der Waals surface area contributed by atoms with Crippen molar-refractivity contribution in [2.45, 2.75) is 13.8 Å². The van der Waals surface area contributed by atoms with Crippen LogP contribution >= 0.6 is 0 Å². The van der Waals surface area contributed by atoms with E-state index in [1.54, 1.807) is 0 Å². The zero-order chi connectivity index (χ0) is 12.7. The molecule has 0 bridgehead atoms. The summed E-state index contributed by atoms with van der Waals surface area (Å²) in [6, 6.07) is 12.3. The van der Waals surface area contributed by atoms with Gasteiger partial charge in [0.2, 0.25) is 0 Å². The minimum absolute atomic E-state index is 1.17. The summed E-state index contributed by atoms with van der Waals surface area (Å²) in [7, 11) is 4.09. The van der Waals surface area contributed by atoms with E-state index in [0.717, 1.165) is 0 Å². The lowest BCUT2D eigenvalue weighted by molar-refractivity contribution is 1.12. The highest BCUT2D eigenvalue weighted by Crippen LogP contribution is 2.27. The molecule has 0 fully saturated rings. The van der Waals surface area contributed by atoms with E-state index in [0.29, 0.717) is 0 Å². The van der Waals surface area contributed by atoms with Crippen molar-refractivity contribution in [2.24, 2.45) is 0 Å². The van der Waals surface area contributed by atoms with Crippen LogP contribution in [0.1, 0.15) is 13.8 Å². The first kappa shape index (κ1) is 13.2. The van der Waals surface area contributed by atoms with Crippen LogP contribution in [0, 0.1) is 0 Å². The van der Waals surface area contributed by atoms with E-state index >= 15 is 0 Å². The third-order valence-corrected chi connectivity index (χ3v) is 2.36. The minimum Gasteiger partial charge on any atom is -0.377 e. The maximum atomic E-state index is 4.18. The Morgan fingerprint density at radius 2 is 1.59 bits per heavy atom. The fourth-order valence-electron chi connectivity index (χ4n) is 1.62. The molecule has 0 amide bonds. The molecule has 2 nitrogen and oxygen atoms in total. The minimum atomic E-state index is 1.17. The lowest BCUT2D eigenvalue weighted by atomic mass is 10.1.